The fourth-order valence-electron chi connectivity index (χ4n) is 4.05. The van der Waals surface area contributed by atoms with E-state index in [2.05, 4.69) is 21.4 Å². The van der Waals surface area contributed by atoms with E-state index in [-0.39, 0.29) is 11.9 Å². The lowest BCUT2D eigenvalue weighted by Gasteiger charge is -2.34. The molecule has 4 rings (SSSR count). The van der Waals surface area contributed by atoms with Gasteiger partial charge in [-0.2, -0.15) is 0 Å². The maximum atomic E-state index is 12.6. The molecule has 2 aliphatic heterocycles. The van der Waals surface area contributed by atoms with Crippen LogP contribution < -0.4 is 5.32 Å². The number of aromatic nitrogens is 1. The Bertz CT molecular complexity index is 888. The number of carbonyl (C=O) groups excluding carboxylic acids is 2. The second-order valence-corrected chi connectivity index (χ2v) is 8.09. The van der Waals surface area contributed by atoms with Crippen LogP contribution in [0.3, 0.4) is 0 Å². The van der Waals surface area contributed by atoms with Gasteiger partial charge in [-0.15, -0.1) is 0 Å². The first-order valence-electron chi connectivity index (χ1n) is 10.6. The average Bonchev–Trinajstić information content (AvgIpc) is 3.35. The Morgan fingerprint density at radius 3 is 2.60 bits per heavy atom. The van der Waals surface area contributed by atoms with Crippen LogP contribution in [0.25, 0.3) is 0 Å². The molecule has 1 aromatic carbocycles. The van der Waals surface area contributed by atoms with E-state index in [9.17, 15) is 9.59 Å². The van der Waals surface area contributed by atoms with Crippen molar-refractivity contribution in [1.82, 2.24) is 25.2 Å². The molecule has 8 nitrogen and oxygen atoms in total. The van der Waals surface area contributed by atoms with Crippen LogP contribution in [0.5, 0.6) is 0 Å². The molecule has 0 bridgehead atoms. The second kappa shape index (κ2) is 9.30. The molecule has 2 saturated heterocycles. The van der Waals surface area contributed by atoms with Gasteiger partial charge in [-0.05, 0) is 24.5 Å². The van der Waals surface area contributed by atoms with E-state index in [1.807, 2.05) is 41.0 Å². The topological polar surface area (TPSA) is 81.9 Å². The predicted octanol–water partition coefficient (Wildman–Crippen LogP) is 2.13. The number of aryl methyl sites for hydroxylation is 1. The summed E-state index contributed by atoms with van der Waals surface area (Å²) >= 11 is 0. The molecule has 1 N–H and O–H groups in total. The number of benzene rings is 1. The van der Waals surface area contributed by atoms with Gasteiger partial charge < -0.3 is 19.6 Å². The molecule has 0 aliphatic carbocycles. The lowest BCUT2D eigenvalue weighted by Crippen LogP contribution is -2.51. The molecule has 0 radical (unpaired) electrons. The van der Waals surface area contributed by atoms with Gasteiger partial charge in [-0.25, -0.2) is 4.79 Å². The summed E-state index contributed by atoms with van der Waals surface area (Å²) in [6.07, 6.45) is 1.60. The smallest absolute Gasteiger partial charge is 0.317 e. The third-order valence-corrected chi connectivity index (χ3v) is 5.70. The Hall–Kier alpha value is -2.87. The first-order valence-corrected chi connectivity index (χ1v) is 10.6. The zero-order valence-electron chi connectivity index (χ0n) is 17.5. The van der Waals surface area contributed by atoms with Crippen LogP contribution in [-0.2, 0) is 24.4 Å². The van der Waals surface area contributed by atoms with Crippen LogP contribution in [0.15, 0.2) is 34.9 Å². The summed E-state index contributed by atoms with van der Waals surface area (Å²) in [7, 11) is 0. The number of carbonyl (C=O) groups is 2. The minimum absolute atomic E-state index is 0.0351. The van der Waals surface area contributed by atoms with Crippen LogP contribution in [0.2, 0.25) is 0 Å². The van der Waals surface area contributed by atoms with E-state index >= 15 is 0 Å². The van der Waals surface area contributed by atoms with E-state index < -0.39 is 0 Å². The average molecular weight is 412 g/mol. The molecule has 3 heterocycles. The molecular weight excluding hydrogens is 382 g/mol. The largest absolute Gasteiger partial charge is 0.361 e. The fourth-order valence-corrected chi connectivity index (χ4v) is 4.05. The van der Waals surface area contributed by atoms with E-state index in [1.165, 1.54) is 0 Å². The number of hydrogen-bond acceptors (Lipinski definition) is 5. The standard InChI is InChI=1S/C22H29N5O3/c1-17-12-20(24-30-17)16-25-8-10-26(11-9-25)22(29)23-14-18-4-2-5-19(13-18)15-27-7-3-6-21(27)28/h2,4-5,12-13H,3,6-11,14-16H2,1H3,(H,23,29). The van der Waals surface area contributed by atoms with Gasteiger partial charge in [-0.3, -0.25) is 9.69 Å². The summed E-state index contributed by atoms with van der Waals surface area (Å²) in [6, 6.07) is 10.0. The highest BCUT2D eigenvalue weighted by molar-refractivity contribution is 5.78. The van der Waals surface area contributed by atoms with Crippen molar-refractivity contribution in [2.45, 2.75) is 39.4 Å². The molecule has 2 aliphatic rings. The number of piperazine rings is 1. The maximum absolute atomic E-state index is 12.6. The number of nitrogens with one attached hydrogen (secondary N) is 1. The van der Waals surface area contributed by atoms with Gasteiger partial charge in [0.15, 0.2) is 0 Å². The minimum Gasteiger partial charge on any atom is -0.361 e. The quantitative estimate of drug-likeness (QED) is 0.788. The van der Waals surface area contributed by atoms with Gasteiger partial charge in [0.1, 0.15) is 5.76 Å². The number of rotatable bonds is 6. The van der Waals surface area contributed by atoms with Gasteiger partial charge in [0.05, 0.1) is 5.69 Å². The van der Waals surface area contributed by atoms with E-state index in [1.54, 1.807) is 0 Å². The van der Waals surface area contributed by atoms with Gasteiger partial charge in [0.2, 0.25) is 5.91 Å². The van der Waals surface area contributed by atoms with Gasteiger partial charge >= 0.3 is 6.03 Å². The fraction of sp³-hybridized carbons (Fsp3) is 0.500. The van der Waals surface area contributed by atoms with Crippen molar-refractivity contribution in [2.75, 3.05) is 32.7 Å². The molecule has 0 unspecified atom stereocenters. The van der Waals surface area contributed by atoms with Crippen LogP contribution in [-0.4, -0.2) is 64.5 Å². The Morgan fingerprint density at radius 1 is 1.10 bits per heavy atom. The first-order chi connectivity index (χ1) is 14.6. The lowest BCUT2D eigenvalue weighted by atomic mass is 10.1. The third-order valence-electron chi connectivity index (χ3n) is 5.70. The Kier molecular flexibility index (Phi) is 6.32. The Morgan fingerprint density at radius 2 is 1.90 bits per heavy atom. The summed E-state index contributed by atoms with van der Waals surface area (Å²) in [5.41, 5.74) is 3.09. The second-order valence-electron chi connectivity index (χ2n) is 8.09. The molecule has 2 fully saturated rings. The molecule has 1 aromatic heterocycles. The number of amides is 3. The van der Waals surface area contributed by atoms with Crippen LogP contribution in [0.1, 0.15) is 35.4 Å². The van der Waals surface area contributed by atoms with Crippen molar-refractivity contribution in [1.29, 1.82) is 0 Å². The highest BCUT2D eigenvalue weighted by atomic mass is 16.5. The zero-order chi connectivity index (χ0) is 20.9. The molecular formula is C22H29N5O3. The summed E-state index contributed by atoms with van der Waals surface area (Å²) in [4.78, 5) is 30.4. The number of likely N-dealkylation sites (tertiary alicyclic amines) is 1. The Labute approximate surface area is 176 Å². The summed E-state index contributed by atoms with van der Waals surface area (Å²) in [5, 5.41) is 7.07. The summed E-state index contributed by atoms with van der Waals surface area (Å²) < 4.78 is 5.12. The van der Waals surface area contributed by atoms with Crippen molar-refractivity contribution in [2.24, 2.45) is 0 Å². The van der Waals surface area contributed by atoms with E-state index in [0.717, 1.165) is 55.2 Å². The number of nitrogens with zero attached hydrogens (tertiary/aromatic N) is 4. The van der Waals surface area contributed by atoms with E-state index in [4.69, 9.17) is 4.52 Å². The number of hydrogen-bond donors (Lipinski definition) is 1. The summed E-state index contributed by atoms with van der Waals surface area (Å²) in [5.74, 6) is 1.05. The SMILES string of the molecule is Cc1cc(CN2CCN(C(=O)NCc3cccc(CN4CCCC4=O)c3)CC2)no1. The van der Waals surface area contributed by atoms with Gasteiger partial charge in [0, 0.05) is 64.8 Å². The normalized spacial score (nSPS) is 17.6. The third kappa shape index (κ3) is 5.18. The first kappa shape index (κ1) is 20.4. The van der Waals surface area contributed by atoms with Gasteiger partial charge in [0.25, 0.3) is 0 Å². The van der Waals surface area contributed by atoms with Gasteiger partial charge in [-0.1, -0.05) is 29.4 Å². The van der Waals surface area contributed by atoms with E-state index in [0.29, 0.717) is 32.6 Å². The maximum Gasteiger partial charge on any atom is 0.317 e. The highest BCUT2D eigenvalue weighted by Crippen LogP contribution is 2.15. The molecule has 2 aromatic rings. The predicted molar refractivity (Wildman–Crippen MR) is 111 cm³/mol. The highest BCUT2D eigenvalue weighted by Gasteiger charge is 2.22. The molecule has 0 saturated carbocycles. The minimum atomic E-state index is -0.0351. The summed E-state index contributed by atoms with van der Waals surface area (Å²) in [6.45, 7) is 7.63. The van der Waals surface area contributed by atoms with Crippen LogP contribution in [0, 0.1) is 6.92 Å². The Balaban J connectivity index is 1.22. The lowest BCUT2D eigenvalue weighted by molar-refractivity contribution is -0.128. The van der Waals surface area contributed by atoms with Crippen LogP contribution in [0.4, 0.5) is 4.79 Å². The van der Waals surface area contributed by atoms with Crippen molar-refractivity contribution < 1.29 is 14.1 Å². The van der Waals surface area contributed by atoms with Crippen molar-refractivity contribution in [3.05, 3.63) is 52.9 Å². The molecule has 0 atom stereocenters. The monoisotopic (exact) mass is 411 g/mol. The molecule has 0 spiro atoms. The van der Waals surface area contributed by atoms with Crippen LogP contribution >= 0.6 is 0 Å². The molecule has 30 heavy (non-hydrogen) atoms. The molecule has 8 heteroatoms. The molecule has 160 valence electrons. The van der Waals surface area contributed by atoms with Crippen molar-refractivity contribution in [3.63, 3.8) is 0 Å². The van der Waals surface area contributed by atoms with Crippen molar-refractivity contribution in [3.8, 4) is 0 Å². The molecule has 3 amide bonds. The van der Waals surface area contributed by atoms with Crippen molar-refractivity contribution >= 4 is 11.9 Å². The zero-order valence-corrected chi connectivity index (χ0v) is 17.5. The number of urea groups is 1.